The summed E-state index contributed by atoms with van der Waals surface area (Å²) in [6, 6.07) is 2.11. The second-order valence-corrected chi connectivity index (χ2v) is 3.25. The van der Waals surface area contributed by atoms with Crippen LogP contribution in [-0.2, 0) is 14.3 Å². The van der Waals surface area contributed by atoms with E-state index >= 15 is 0 Å². The van der Waals surface area contributed by atoms with Crippen molar-refractivity contribution in [3.63, 3.8) is 0 Å². The van der Waals surface area contributed by atoms with E-state index in [4.69, 9.17) is 4.74 Å². The SMILES string of the molecule is CCOC(=O)C(NC=O)C(O)c1cccnc1. The predicted octanol–water partition coefficient (Wildman–Crippen LogP) is -0.207. The molecule has 2 atom stereocenters. The Labute approximate surface area is 98.6 Å². The highest BCUT2D eigenvalue weighted by Gasteiger charge is 2.28. The molecule has 0 aliphatic carbocycles. The number of hydrogen-bond donors (Lipinski definition) is 2. The van der Waals surface area contributed by atoms with Crippen LogP contribution in [0.4, 0.5) is 0 Å². The van der Waals surface area contributed by atoms with Crippen molar-refractivity contribution in [2.24, 2.45) is 0 Å². The molecule has 2 N–H and O–H groups in total. The molecular formula is C11H14N2O4. The first-order chi connectivity index (χ1) is 8.20. The molecule has 17 heavy (non-hydrogen) atoms. The van der Waals surface area contributed by atoms with Crippen LogP contribution in [0.25, 0.3) is 0 Å². The molecule has 0 spiro atoms. The van der Waals surface area contributed by atoms with Gasteiger partial charge in [0.05, 0.1) is 6.61 Å². The Morgan fingerprint density at radius 2 is 2.47 bits per heavy atom. The highest BCUT2D eigenvalue weighted by molar-refractivity contribution is 5.79. The number of esters is 1. The fourth-order valence-corrected chi connectivity index (χ4v) is 1.34. The maximum Gasteiger partial charge on any atom is 0.331 e. The van der Waals surface area contributed by atoms with Gasteiger partial charge in [-0.3, -0.25) is 9.78 Å². The average molecular weight is 238 g/mol. The second-order valence-electron chi connectivity index (χ2n) is 3.25. The minimum atomic E-state index is -1.19. The number of aliphatic hydroxyl groups excluding tert-OH is 1. The van der Waals surface area contributed by atoms with Gasteiger partial charge in [-0.05, 0) is 13.0 Å². The second kappa shape index (κ2) is 6.59. The Kier molecular flexibility index (Phi) is 5.09. The number of nitrogens with zero attached hydrogens (tertiary/aromatic N) is 1. The summed E-state index contributed by atoms with van der Waals surface area (Å²) in [5, 5.41) is 12.2. The molecule has 0 aromatic carbocycles. The topological polar surface area (TPSA) is 88.5 Å². The van der Waals surface area contributed by atoms with E-state index in [1.165, 1.54) is 6.20 Å². The van der Waals surface area contributed by atoms with E-state index in [9.17, 15) is 14.7 Å². The van der Waals surface area contributed by atoms with Gasteiger partial charge in [0.15, 0.2) is 6.04 Å². The molecule has 1 aromatic heterocycles. The number of hydrogen-bond acceptors (Lipinski definition) is 5. The highest BCUT2D eigenvalue weighted by atomic mass is 16.5. The molecule has 1 heterocycles. The summed E-state index contributed by atoms with van der Waals surface area (Å²) in [5.74, 6) is -0.684. The predicted molar refractivity (Wildman–Crippen MR) is 58.8 cm³/mol. The smallest absolute Gasteiger partial charge is 0.331 e. The number of aromatic nitrogens is 1. The van der Waals surface area contributed by atoms with E-state index in [1.54, 1.807) is 25.3 Å². The van der Waals surface area contributed by atoms with Crippen molar-refractivity contribution < 1.29 is 19.4 Å². The molecule has 0 saturated heterocycles. The van der Waals surface area contributed by atoms with Crippen LogP contribution in [0.1, 0.15) is 18.6 Å². The summed E-state index contributed by atoms with van der Waals surface area (Å²) < 4.78 is 4.76. The van der Waals surface area contributed by atoms with E-state index < -0.39 is 18.1 Å². The van der Waals surface area contributed by atoms with Crippen molar-refractivity contribution in [2.75, 3.05) is 6.61 Å². The number of rotatable bonds is 6. The number of pyridine rings is 1. The van der Waals surface area contributed by atoms with Gasteiger partial charge in [-0.1, -0.05) is 6.07 Å². The Balaban J connectivity index is 2.83. The van der Waals surface area contributed by atoms with Gasteiger partial charge in [-0.15, -0.1) is 0 Å². The van der Waals surface area contributed by atoms with Crippen molar-refractivity contribution >= 4 is 12.4 Å². The van der Waals surface area contributed by atoms with E-state index in [1.807, 2.05) is 0 Å². The third-order valence-corrected chi connectivity index (χ3v) is 2.13. The molecule has 1 amide bonds. The zero-order chi connectivity index (χ0) is 12.7. The van der Waals surface area contributed by atoms with Gasteiger partial charge >= 0.3 is 5.97 Å². The van der Waals surface area contributed by atoms with Crippen LogP contribution in [0.2, 0.25) is 0 Å². The summed E-state index contributed by atoms with van der Waals surface area (Å²) in [4.78, 5) is 25.8. The molecular weight excluding hydrogens is 224 g/mol. The zero-order valence-electron chi connectivity index (χ0n) is 9.37. The Morgan fingerprint density at radius 1 is 1.71 bits per heavy atom. The van der Waals surface area contributed by atoms with Crippen LogP contribution < -0.4 is 5.32 Å². The highest BCUT2D eigenvalue weighted by Crippen LogP contribution is 2.16. The normalized spacial score (nSPS) is 13.5. The molecule has 6 nitrogen and oxygen atoms in total. The number of carbonyl (C=O) groups excluding carboxylic acids is 2. The molecule has 2 unspecified atom stereocenters. The summed E-state index contributed by atoms with van der Waals surface area (Å²) in [6.07, 6.45) is 2.13. The Bertz CT molecular complexity index is 369. The summed E-state index contributed by atoms with van der Waals surface area (Å²) >= 11 is 0. The molecule has 0 saturated carbocycles. The van der Waals surface area contributed by atoms with Crippen molar-refractivity contribution in [2.45, 2.75) is 19.1 Å². The number of ether oxygens (including phenoxy) is 1. The van der Waals surface area contributed by atoms with Crippen LogP contribution in [0.15, 0.2) is 24.5 Å². The Hall–Kier alpha value is -1.95. The fourth-order valence-electron chi connectivity index (χ4n) is 1.34. The van der Waals surface area contributed by atoms with Gasteiger partial charge < -0.3 is 15.2 Å². The van der Waals surface area contributed by atoms with Gasteiger partial charge in [-0.2, -0.15) is 0 Å². The first-order valence-electron chi connectivity index (χ1n) is 5.15. The van der Waals surface area contributed by atoms with Crippen LogP contribution in [0, 0.1) is 0 Å². The van der Waals surface area contributed by atoms with Gasteiger partial charge in [0, 0.05) is 18.0 Å². The number of carbonyl (C=O) groups is 2. The van der Waals surface area contributed by atoms with Gasteiger partial charge in [0.1, 0.15) is 6.10 Å². The monoisotopic (exact) mass is 238 g/mol. The van der Waals surface area contributed by atoms with Crippen LogP contribution in [0.5, 0.6) is 0 Å². The van der Waals surface area contributed by atoms with E-state index in [0.29, 0.717) is 12.0 Å². The third-order valence-electron chi connectivity index (χ3n) is 2.13. The molecule has 0 aliphatic rings. The lowest BCUT2D eigenvalue weighted by Gasteiger charge is -2.20. The molecule has 0 radical (unpaired) electrons. The van der Waals surface area contributed by atoms with Crippen molar-refractivity contribution in [1.29, 1.82) is 0 Å². The lowest BCUT2D eigenvalue weighted by molar-refractivity contribution is -0.149. The maximum atomic E-state index is 11.5. The van der Waals surface area contributed by atoms with Gasteiger partial charge in [-0.25, -0.2) is 4.79 Å². The summed E-state index contributed by atoms with van der Waals surface area (Å²) in [5.41, 5.74) is 0.430. The zero-order valence-corrected chi connectivity index (χ0v) is 9.37. The molecule has 0 bridgehead atoms. The standard InChI is InChI=1S/C11H14N2O4/c1-2-17-11(16)9(13-7-14)10(15)8-4-3-5-12-6-8/h3-7,9-10,15H,2H2,1H3,(H,13,14). The molecule has 0 aliphatic heterocycles. The van der Waals surface area contributed by atoms with Crippen molar-refractivity contribution in [3.05, 3.63) is 30.1 Å². The van der Waals surface area contributed by atoms with Crippen LogP contribution >= 0.6 is 0 Å². The molecule has 0 fully saturated rings. The lowest BCUT2D eigenvalue weighted by Crippen LogP contribution is -2.42. The molecule has 92 valence electrons. The molecule has 6 heteroatoms. The average Bonchev–Trinajstić information content (AvgIpc) is 2.36. The lowest BCUT2D eigenvalue weighted by atomic mass is 10.0. The van der Waals surface area contributed by atoms with Crippen LogP contribution in [-0.4, -0.2) is 35.1 Å². The van der Waals surface area contributed by atoms with Gasteiger partial charge in [0.25, 0.3) is 0 Å². The fraction of sp³-hybridized carbons (Fsp3) is 0.364. The number of aliphatic hydroxyl groups is 1. The van der Waals surface area contributed by atoms with Crippen molar-refractivity contribution in [3.8, 4) is 0 Å². The van der Waals surface area contributed by atoms with Crippen molar-refractivity contribution in [1.82, 2.24) is 10.3 Å². The van der Waals surface area contributed by atoms with Crippen LogP contribution in [0.3, 0.4) is 0 Å². The van der Waals surface area contributed by atoms with E-state index in [2.05, 4.69) is 10.3 Å². The first-order valence-corrected chi connectivity index (χ1v) is 5.15. The van der Waals surface area contributed by atoms with E-state index in [0.717, 1.165) is 0 Å². The largest absolute Gasteiger partial charge is 0.464 e. The summed E-state index contributed by atoms with van der Waals surface area (Å²) in [6.45, 7) is 1.82. The minimum Gasteiger partial charge on any atom is -0.464 e. The number of amides is 1. The quantitative estimate of drug-likeness (QED) is 0.529. The number of nitrogens with one attached hydrogen (secondary N) is 1. The molecule has 1 rings (SSSR count). The van der Waals surface area contributed by atoms with E-state index in [-0.39, 0.29) is 6.61 Å². The van der Waals surface area contributed by atoms with Gasteiger partial charge in [0.2, 0.25) is 6.41 Å². The first kappa shape index (κ1) is 13.1. The maximum absolute atomic E-state index is 11.5. The minimum absolute atomic E-state index is 0.176. The Morgan fingerprint density at radius 3 is 3.00 bits per heavy atom. The third kappa shape index (κ3) is 3.53. The summed E-state index contributed by atoms with van der Waals surface area (Å²) in [7, 11) is 0. The molecule has 1 aromatic rings.